The van der Waals surface area contributed by atoms with Gasteiger partial charge in [-0.2, -0.15) is 0 Å². The number of phenolic OH excluding ortho intramolecular Hbond substituents is 1. The molecule has 3 aliphatic rings. The number of aromatic hydroxyl groups is 1. The molecule has 0 radical (unpaired) electrons. The summed E-state index contributed by atoms with van der Waals surface area (Å²) in [6.07, 6.45) is 4.90. The largest absolute Gasteiger partial charge is 0.506 e. The monoisotopic (exact) mass is 312 g/mol. The summed E-state index contributed by atoms with van der Waals surface area (Å²) in [5, 5.41) is 12.2. The van der Waals surface area contributed by atoms with E-state index >= 15 is 0 Å². The minimum absolute atomic E-state index is 0.0564. The Morgan fingerprint density at radius 2 is 1.74 bits per heavy atom. The average Bonchev–Trinajstić information content (AvgIpc) is 3.19. The van der Waals surface area contributed by atoms with Crippen LogP contribution in [0.3, 0.4) is 0 Å². The van der Waals surface area contributed by atoms with Gasteiger partial charge in [-0.05, 0) is 30.4 Å². The average molecular weight is 312 g/mol. The van der Waals surface area contributed by atoms with Crippen LogP contribution in [0.15, 0.2) is 36.4 Å². The van der Waals surface area contributed by atoms with Crippen molar-refractivity contribution >= 4 is 23.4 Å². The molecule has 23 heavy (non-hydrogen) atoms. The van der Waals surface area contributed by atoms with Crippen LogP contribution in [0.25, 0.3) is 0 Å². The highest BCUT2D eigenvalue weighted by atomic mass is 16.3. The van der Waals surface area contributed by atoms with Gasteiger partial charge in [-0.3, -0.25) is 19.3 Å². The van der Waals surface area contributed by atoms with Crippen molar-refractivity contribution in [1.82, 2.24) is 4.90 Å². The Morgan fingerprint density at radius 3 is 2.35 bits per heavy atom. The molecule has 1 aliphatic heterocycles. The van der Waals surface area contributed by atoms with Gasteiger partial charge in [0.25, 0.3) is 0 Å². The first-order valence-corrected chi connectivity index (χ1v) is 7.67. The summed E-state index contributed by atoms with van der Waals surface area (Å²) in [6.45, 7) is -0.307. The second-order valence-corrected chi connectivity index (χ2v) is 6.33. The maximum absolute atomic E-state index is 12.5. The van der Waals surface area contributed by atoms with Crippen LogP contribution in [0.2, 0.25) is 0 Å². The van der Waals surface area contributed by atoms with Crippen molar-refractivity contribution in [2.24, 2.45) is 23.7 Å². The van der Waals surface area contributed by atoms with E-state index in [-0.39, 0.29) is 53.5 Å². The fraction of sp³-hybridized carbons (Fsp3) is 0.353. The van der Waals surface area contributed by atoms with Crippen LogP contribution in [-0.2, 0) is 14.4 Å². The molecule has 1 aromatic carbocycles. The second kappa shape index (κ2) is 4.94. The molecule has 6 nitrogen and oxygen atoms in total. The number of nitrogens with zero attached hydrogens (tertiary/aromatic N) is 1. The summed E-state index contributed by atoms with van der Waals surface area (Å²) in [7, 11) is 0. The molecule has 3 amide bonds. The predicted octanol–water partition coefficient (Wildman–Crippen LogP) is 1.14. The van der Waals surface area contributed by atoms with Crippen LogP contribution in [0.5, 0.6) is 5.75 Å². The number of carbonyl (C=O) groups is 3. The molecule has 6 heteroatoms. The number of rotatable bonds is 3. The second-order valence-electron chi connectivity index (χ2n) is 6.33. The molecule has 1 saturated heterocycles. The SMILES string of the molecule is O=C(CN1C(=O)[C@H]2[C@H](C1=O)[C@H]1C=C[C@H]2C1)Nc1ccccc1O. The molecule has 4 rings (SSSR count). The fourth-order valence-corrected chi connectivity index (χ4v) is 4.03. The van der Waals surface area contributed by atoms with Gasteiger partial charge < -0.3 is 10.4 Å². The highest BCUT2D eigenvalue weighted by Crippen LogP contribution is 2.52. The van der Waals surface area contributed by atoms with Gasteiger partial charge in [-0.25, -0.2) is 0 Å². The maximum atomic E-state index is 12.5. The van der Waals surface area contributed by atoms with Crippen molar-refractivity contribution < 1.29 is 19.5 Å². The number of allylic oxidation sites excluding steroid dienone is 2. The van der Waals surface area contributed by atoms with Crippen molar-refractivity contribution in [1.29, 1.82) is 0 Å². The third kappa shape index (κ3) is 2.05. The van der Waals surface area contributed by atoms with E-state index in [9.17, 15) is 19.5 Å². The Labute approximate surface area is 132 Å². The summed E-state index contributed by atoms with van der Waals surface area (Å²) in [5.41, 5.74) is 0.263. The number of hydrogen-bond donors (Lipinski definition) is 2. The number of nitrogens with one attached hydrogen (secondary N) is 1. The topological polar surface area (TPSA) is 86.7 Å². The molecule has 0 spiro atoms. The van der Waals surface area contributed by atoms with Crippen LogP contribution in [0.1, 0.15) is 6.42 Å². The van der Waals surface area contributed by atoms with Gasteiger partial charge in [0.2, 0.25) is 17.7 Å². The van der Waals surface area contributed by atoms with Crippen molar-refractivity contribution in [3.05, 3.63) is 36.4 Å². The lowest BCUT2D eigenvalue weighted by molar-refractivity contribution is -0.143. The molecular formula is C17H16N2O4. The third-order valence-electron chi connectivity index (χ3n) is 5.04. The van der Waals surface area contributed by atoms with E-state index in [1.54, 1.807) is 18.2 Å². The number of carbonyl (C=O) groups excluding carboxylic acids is 3. The number of amides is 3. The summed E-state index contributed by atoms with van der Waals surface area (Å²) < 4.78 is 0. The predicted molar refractivity (Wildman–Crippen MR) is 81.2 cm³/mol. The summed E-state index contributed by atoms with van der Waals surface area (Å²) in [6, 6.07) is 6.33. The molecule has 4 atom stereocenters. The highest BCUT2D eigenvalue weighted by molar-refractivity contribution is 6.09. The Hall–Kier alpha value is -2.63. The summed E-state index contributed by atoms with van der Waals surface area (Å²) >= 11 is 0. The van der Waals surface area contributed by atoms with Gasteiger partial charge in [0.15, 0.2) is 0 Å². The summed E-state index contributed by atoms with van der Waals surface area (Å²) in [5.74, 6) is -1.37. The van der Waals surface area contributed by atoms with Crippen LogP contribution < -0.4 is 5.32 Å². The molecule has 2 bridgehead atoms. The molecule has 0 unspecified atom stereocenters. The molecular weight excluding hydrogens is 296 g/mol. The van der Waals surface area contributed by atoms with Crippen molar-refractivity contribution in [3.8, 4) is 5.75 Å². The summed E-state index contributed by atoms with van der Waals surface area (Å²) in [4.78, 5) is 38.2. The molecule has 1 heterocycles. The molecule has 2 fully saturated rings. The minimum Gasteiger partial charge on any atom is -0.506 e. The van der Waals surface area contributed by atoms with Gasteiger partial charge in [0.1, 0.15) is 12.3 Å². The van der Waals surface area contributed by atoms with Gasteiger partial charge in [0, 0.05) is 0 Å². The van der Waals surface area contributed by atoms with E-state index in [1.165, 1.54) is 6.07 Å². The number of fused-ring (bicyclic) bond motifs is 5. The van der Waals surface area contributed by atoms with Crippen LogP contribution in [0, 0.1) is 23.7 Å². The van der Waals surface area contributed by atoms with Gasteiger partial charge in [-0.1, -0.05) is 24.3 Å². The van der Waals surface area contributed by atoms with E-state index in [0.717, 1.165) is 11.3 Å². The number of anilines is 1. The number of para-hydroxylation sites is 2. The molecule has 118 valence electrons. The van der Waals surface area contributed by atoms with E-state index in [2.05, 4.69) is 5.32 Å². The van der Waals surface area contributed by atoms with Crippen LogP contribution >= 0.6 is 0 Å². The lowest BCUT2D eigenvalue weighted by atomic mass is 9.85. The molecule has 2 N–H and O–H groups in total. The Bertz CT molecular complexity index is 712. The van der Waals surface area contributed by atoms with Gasteiger partial charge in [-0.15, -0.1) is 0 Å². The van der Waals surface area contributed by atoms with Crippen molar-refractivity contribution in [3.63, 3.8) is 0 Å². The quantitative estimate of drug-likeness (QED) is 0.498. The Kier molecular flexibility index (Phi) is 3.01. The van der Waals surface area contributed by atoms with Gasteiger partial charge in [0.05, 0.1) is 17.5 Å². The zero-order valence-corrected chi connectivity index (χ0v) is 12.3. The molecule has 2 aliphatic carbocycles. The fourth-order valence-electron chi connectivity index (χ4n) is 4.03. The van der Waals surface area contributed by atoms with Crippen molar-refractivity contribution in [2.45, 2.75) is 6.42 Å². The first-order valence-electron chi connectivity index (χ1n) is 7.67. The van der Waals surface area contributed by atoms with E-state index in [1.807, 2.05) is 12.2 Å². The maximum Gasteiger partial charge on any atom is 0.244 e. The number of hydrogen-bond acceptors (Lipinski definition) is 4. The standard InChI is InChI=1S/C17H16N2O4/c20-12-4-2-1-3-11(12)18-13(21)8-19-16(22)14-9-5-6-10(7-9)15(14)17(19)23/h1-6,9-10,14-15,20H,7-8H2,(H,18,21)/t9-,10-,14+,15+/m0/s1. The minimum atomic E-state index is -0.492. The van der Waals surface area contributed by atoms with Crippen LogP contribution in [0.4, 0.5) is 5.69 Å². The van der Waals surface area contributed by atoms with Gasteiger partial charge >= 0.3 is 0 Å². The Morgan fingerprint density at radius 1 is 1.13 bits per heavy atom. The van der Waals surface area contributed by atoms with E-state index in [0.29, 0.717) is 0 Å². The van der Waals surface area contributed by atoms with E-state index < -0.39 is 5.91 Å². The lowest BCUT2D eigenvalue weighted by Crippen LogP contribution is -2.39. The van der Waals surface area contributed by atoms with Crippen LogP contribution in [-0.4, -0.2) is 34.3 Å². The molecule has 0 aromatic heterocycles. The zero-order valence-electron chi connectivity index (χ0n) is 12.3. The smallest absolute Gasteiger partial charge is 0.244 e. The third-order valence-corrected chi connectivity index (χ3v) is 5.04. The number of likely N-dealkylation sites (tertiary alicyclic amines) is 1. The number of imide groups is 1. The first-order chi connectivity index (χ1) is 11.1. The Balaban J connectivity index is 1.48. The molecule has 1 saturated carbocycles. The number of phenols is 1. The van der Waals surface area contributed by atoms with E-state index in [4.69, 9.17) is 0 Å². The normalized spacial score (nSPS) is 30.9. The number of benzene rings is 1. The van der Waals surface area contributed by atoms with Crippen molar-refractivity contribution in [2.75, 3.05) is 11.9 Å². The lowest BCUT2D eigenvalue weighted by Gasteiger charge is -2.17. The highest BCUT2D eigenvalue weighted by Gasteiger charge is 2.59. The molecule has 1 aromatic rings. The first kappa shape index (κ1) is 14.0. The zero-order chi connectivity index (χ0) is 16.1.